The highest BCUT2D eigenvalue weighted by Crippen LogP contribution is 2.32. The number of piperidine rings is 1. The van der Waals surface area contributed by atoms with Crippen LogP contribution >= 0.6 is 11.6 Å². The van der Waals surface area contributed by atoms with Crippen molar-refractivity contribution in [2.75, 3.05) is 13.1 Å². The summed E-state index contributed by atoms with van der Waals surface area (Å²) >= 11 is 6.13. The fourth-order valence-corrected chi connectivity index (χ4v) is 3.36. The van der Waals surface area contributed by atoms with Crippen LogP contribution in [0.4, 0.5) is 0 Å². The van der Waals surface area contributed by atoms with Gasteiger partial charge in [0.15, 0.2) is 11.3 Å². The summed E-state index contributed by atoms with van der Waals surface area (Å²) in [5.74, 6) is -0.464. The number of rotatable bonds is 3. The number of hydrogen-bond acceptors (Lipinski definition) is 3. The molecule has 1 aliphatic heterocycles. The zero-order chi connectivity index (χ0) is 16.6. The first-order valence-corrected chi connectivity index (χ1v) is 8.04. The Kier molecular flexibility index (Phi) is 4.31. The zero-order valence-electron chi connectivity index (χ0n) is 12.8. The minimum Gasteiger partial charge on any atom is -0.481 e. The van der Waals surface area contributed by atoms with Crippen LogP contribution in [0.2, 0.25) is 5.02 Å². The maximum absolute atomic E-state index is 12.7. The highest BCUT2D eigenvalue weighted by molar-refractivity contribution is 6.35. The molecule has 5 nitrogen and oxygen atoms in total. The van der Waals surface area contributed by atoms with Gasteiger partial charge in [-0.2, -0.15) is 0 Å². The summed E-state index contributed by atoms with van der Waals surface area (Å²) in [7, 11) is 0. The van der Waals surface area contributed by atoms with Gasteiger partial charge in [-0.05, 0) is 31.7 Å². The number of amides is 1. The van der Waals surface area contributed by atoms with Crippen LogP contribution in [0, 0.1) is 12.8 Å². The summed E-state index contributed by atoms with van der Waals surface area (Å²) < 4.78 is 5.72. The molecule has 1 saturated heterocycles. The maximum Gasteiger partial charge on any atom is 0.303 e. The van der Waals surface area contributed by atoms with E-state index >= 15 is 0 Å². The highest BCUT2D eigenvalue weighted by Gasteiger charge is 2.28. The SMILES string of the molecule is Cc1c(C(=O)N2CCC(CC(=O)O)CC2)oc2c(Cl)cccc12. The fraction of sp³-hybridized carbons (Fsp3) is 0.412. The van der Waals surface area contributed by atoms with E-state index < -0.39 is 5.97 Å². The molecule has 1 aliphatic rings. The number of halogens is 1. The molecule has 2 heterocycles. The monoisotopic (exact) mass is 335 g/mol. The van der Waals surface area contributed by atoms with E-state index in [0.717, 1.165) is 10.9 Å². The number of benzene rings is 1. The molecule has 1 amide bonds. The van der Waals surface area contributed by atoms with Crippen LogP contribution in [-0.2, 0) is 4.79 Å². The molecule has 1 N–H and O–H groups in total. The van der Waals surface area contributed by atoms with Crippen molar-refractivity contribution in [3.63, 3.8) is 0 Å². The Labute approximate surface area is 138 Å². The Balaban J connectivity index is 1.78. The first-order chi connectivity index (χ1) is 11.0. The molecule has 1 aromatic heterocycles. The van der Waals surface area contributed by atoms with E-state index in [0.29, 0.717) is 42.3 Å². The second kappa shape index (κ2) is 6.24. The number of nitrogens with zero attached hydrogens (tertiary/aromatic N) is 1. The van der Waals surface area contributed by atoms with E-state index in [1.54, 1.807) is 11.0 Å². The topological polar surface area (TPSA) is 70.8 Å². The lowest BCUT2D eigenvalue weighted by Gasteiger charge is -2.30. The average molecular weight is 336 g/mol. The number of aliphatic carboxylic acids is 1. The minimum atomic E-state index is -0.780. The normalized spacial score (nSPS) is 16.0. The van der Waals surface area contributed by atoms with Crippen LogP contribution < -0.4 is 0 Å². The molecule has 1 fully saturated rings. The molecule has 0 spiro atoms. The Morgan fingerprint density at radius 3 is 2.65 bits per heavy atom. The number of aryl methyl sites for hydroxylation is 1. The van der Waals surface area contributed by atoms with E-state index in [4.69, 9.17) is 21.1 Å². The average Bonchev–Trinajstić information content (AvgIpc) is 2.86. The van der Waals surface area contributed by atoms with Crippen LogP contribution in [0.5, 0.6) is 0 Å². The lowest BCUT2D eigenvalue weighted by Crippen LogP contribution is -2.39. The number of likely N-dealkylation sites (tertiary alicyclic amines) is 1. The fourth-order valence-electron chi connectivity index (χ4n) is 3.14. The third-order valence-corrected chi connectivity index (χ3v) is 4.77. The van der Waals surface area contributed by atoms with Gasteiger partial charge >= 0.3 is 5.97 Å². The first kappa shape index (κ1) is 15.9. The third kappa shape index (κ3) is 3.06. The van der Waals surface area contributed by atoms with Crippen molar-refractivity contribution in [2.24, 2.45) is 5.92 Å². The summed E-state index contributed by atoms with van der Waals surface area (Å²) in [6.45, 7) is 2.97. The van der Waals surface area contributed by atoms with Gasteiger partial charge in [0.05, 0.1) is 5.02 Å². The van der Waals surface area contributed by atoms with Gasteiger partial charge in [-0.1, -0.05) is 23.7 Å². The molecule has 0 bridgehead atoms. The van der Waals surface area contributed by atoms with Gasteiger partial charge in [-0.25, -0.2) is 0 Å². The van der Waals surface area contributed by atoms with E-state index in [1.807, 2.05) is 19.1 Å². The molecule has 6 heteroatoms. The number of carbonyl (C=O) groups excluding carboxylic acids is 1. The number of carboxylic acids is 1. The largest absolute Gasteiger partial charge is 0.481 e. The summed E-state index contributed by atoms with van der Waals surface area (Å²) in [6, 6.07) is 5.45. The number of para-hydroxylation sites is 1. The van der Waals surface area contributed by atoms with Gasteiger partial charge in [-0.15, -0.1) is 0 Å². The second-order valence-corrected chi connectivity index (χ2v) is 6.41. The van der Waals surface area contributed by atoms with Gasteiger partial charge in [0.2, 0.25) is 0 Å². The van der Waals surface area contributed by atoms with Crippen molar-refractivity contribution in [1.82, 2.24) is 4.90 Å². The molecule has 122 valence electrons. The van der Waals surface area contributed by atoms with Crippen LogP contribution in [0.15, 0.2) is 22.6 Å². The van der Waals surface area contributed by atoms with Gasteiger partial charge in [0.25, 0.3) is 5.91 Å². The Bertz CT molecular complexity index is 759. The van der Waals surface area contributed by atoms with Crippen LogP contribution in [-0.4, -0.2) is 35.0 Å². The van der Waals surface area contributed by atoms with Crippen molar-refractivity contribution in [3.8, 4) is 0 Å². The standard InChI is InChI=1S/C17H18ClNO4/c1-10-12-3-2-4-13(18)16(12)23-15(10)17(22)19-7-5-11(6-8-19)9-14(20)21/h2-4,11H,5-9H2,1H3,(H,20,21). The smallest absolute Gasteiger partial charge is 0.303 e. The number of furan rings is 1. The van der Waals surface area contributed by atoms with E-state index in [1.165, 1.54) is 0 Å². The van der Waals surface area contributed by atoms with Crippen molar-refractivity contribution in [2.45, 2.75) is 26.2 Å². The molecule has 0 aliphatic carbocycles. The minimum absolute atomic E-state index is 0.141. The Morgan fingerprint density at radius 2 is 2.04 bits per heavy atom. The lowest BCUT2D eigenvalue weighted by molar-refractivity contribution is -0.138. The van der Waals surface area contributed by atoms with E-state index in [9.17, 15) is 9.59 Å². The molecular formula is C17H18ClNO4. The van der Waals surface area contributed by atoms with Crippen molar-refractivity contribution in [1.29, 1.82) is 0 Å². The third-order valence-electron chi connectivity index (χ3n) is 4.47. The van der Waals surface area contributed by atoms with Crippen LogP contribution in [0.25, 0.3) is 11.0 Å². The van der Waals surface area contributed by atoms with Crippen molar-refractivity contribution < 1.29 is 19.1 Å². The summed E-state index contributed by atoms with van der Waals surface area (Å²) in [5.41, 5.74) is 1.33. The summed E-state index contributed by atoms with van der Waals surface area (Å²) in [6.07, 6.45) is 1.58. The number of carbonyl (C=O) groups is 2. The molecule has 23 heavy (non-hydrogen) atoms. The Hall–Kier alpha value is -2.01. The van der Waals surface area contributed by atoms with E-state index in [-0.39, 0.29) is 18.2 Å². The molecular weight excluding hydrogens is 318 g/mol. The number of hydrogen-bond donors (Lipinski definition) is 1. The molecule has 0 saturated carbocycles. The Morgan fingerprint density at radius 1 is 1.35 bits per heavy atom. The van der Waals surface area contributed by atoms with Crippen molar-refractivity contribution >= 4 is 34.4 Å². The lowest BCUT2D eigenvalue weighted by atomic mass is 9.93. The highest BCUT2D eigenvalue weighted by atomic mass is 35.5. The van der Waals surface area contributed by atoms with Gasteiger partial charge in [0, 0.05) is 30.5 Å². The van der Waals surface area contributed by atoms with Gasteiger partial charge < -0.3 is 14.4 Å². The quantitative estimate of drug-likeness (QED) is 0.928. The molecule has 3 rings (SSSR count). The molecule has 0 atom stereocenters. The zero-order valence-corrected chi connectivity index (χ0v) is 13.6. The summed E-state index contributed by atoms with van der Waals surface area (Å²) in [4.78, 5) is 25.2. The van der Waals surface area contributed by atoms with Gasteiger partial charge in [-0.3, -0.25) is 9.59 Å². The maximum atomic E-state index is 12.7. The molecule has 2 aromatic rings. The predicted octanol–water partition coefficient (Wildman–Crippen LogP) is 3.72. The number of carboxylic acid groups (broad SMARTS) is 1. The van der Waals surface area contributed by atoms with Crippen LogP contribution in [0.3, 0.4) is 0 Å². The molecule has 0 radical (unpaired) electrons. The molecule has 0 unspecified atom stereocenters. The van der Waals surface area contributed by atoms with Crippen LogP contribution in [0.1, 0.15) is 35.4 Å². The second-order valence-electron chi connectivity index (χ2n) is 6.01. The van der Waals surface area contributed by atoms with Gasteiger partial charge in [0.1, 0.15) is 0 Å². The number of fused-ring (bicyclic) bond motifs is 1. The van der Waals surface area contributed by atoms with E-state index in [2.05, 4.69) is 0 Å². The predicted molar refractivity (Wildman–Crippen MR) is 86.8 cm³/mol. The van der Waals surface area contributed by atoms with Crippen molar-refractivity contribution in [3.05, 3.63) is 34.5 Å². The summed E-state index contributed by atoms with van der Waals surface area (Å²) in [5, 5.41) is 10.2. The molecule has 1 aromatic carbocycles. The first-order valence-electron chi connectivity index (χ1n) is 7.66.